The van der Waals surface area contributed by atoms with Gasteiger partial charge in [0.1, 0.15) is 0 Å². The number of carbonyl (C=O) groups is 1. The fraction of sp³-hybridized carbons (Fsp3) is 0.174. The van der Waals surface area contributed by atoms with E-state index in [1.807, 2.05) is 36.4 Å². The summed E-state index contributed by atoms with van der Waals surface area (Å²) in [7, 11) is -0.814. The molecule has 0 bridgehead atoms. The van der Waals surface area contributed by atoms with Crippen LogP contribution in [0.2, 0.25) is 5.02 Å². The summed E-state index contributed by atoms with van der Waals surface area (Å²) < 4.78 is 26.0. The predicted molar refractivity (Wildman–Crippen MR) is 124 cm³/mol. The predicted octanol–water partition coefficient (Wildman–Crippen LogP) is 4.54. The van der Waals surface area contributed by atoms with Crippen LogP contribution in [0.1, 0.15) is 15.9 Å². The van der Waals surface area contributed by atoms with Crippen LogP contribution in [-0.2, 0) is 16.4 Å². The topological polar surface area (TPSA) is 69.7 Å². The van der Waals surface area contributed by atoms with Gasteiger partial charge in [0.05, 0.1) is 26.9 Å². The molecule has 0 saturated heterocycles. The van der Waals surface area contributed by atoms with E-state index in [2.05, 4.69) is 22.3 Å². The fourth-order valence-corrected chi connectivity index (χ4v) is 4.77. The van der Waals surface area contributed by atoms with Gasteiger partial charge in [0, 0.05) is 26.3 Å². The molecule has 8 heteroatoms. The molecule has 1 aliphatic heterocycles. The van der Waals surface area contributed by atoms with E-state index in [4.69, 9.17) is 11.6 Å². The fourth-order valence-electron chi connectivity index (χ4n) is 3.64. The third kappa shape index (κ3) is 4.04. The number of sulfonamides is 1. The summed E-state index contributed by atoms with van der Waals surface area (Å²) in [6, 6.07) is 19.8. The summed E-state index contributed by atoms with van der Waals surface area (Å²) in [6.07, 6.45) is 0.925. The van der Waals surface area contributed by atoms with Gasteiger partial charge in [-0.1, -0.05) is 41.9 Å². The number of carbonyl (C=O) groups excluding carboxylic acids is 1. The second kappa shape index (κ2) is 8.34. The molecule has 0 aromatic heterocycles. The van der Waals surface area contributed by atoms with Crippen molar-refractivity contribution >= 4 is 44.6 Å². The molecular formula is C23H22ClN3O3S. The molecule has 0 fully saturated rings. The molecule has 0 aliphatic carbocycles. The lowest BCUT2D eigenvalue weighted by molar-refractivity contribution is 0.102. The van der Waals surface area contributed by atoms with Crippen molar-refractivity contribution in [3.63, 3.8) is 0 Å². The number of rotatable bonds is 5. The van der Waals surface area contributed by atoms with Gasteiger partial charge in [0.25, 0.3) is 5.91 Å². The lowest BCUT2D eigenvalue weighted by Gasteiger charge is -2.23. The molecule has 6 nitrogen and oxygen atoms in total. The van der Waals surface area contributed by atoms with E-state index in [-0.39, 0.29) is 15.5 Å². The summed E-state index contributed by atoms with van der Waals surface area (Å²) >= 11 is 6.24. The smallest absolute Gasteiger partial charge is 0.257 e. The number of anilines is 3. The highest BCUT2D eigenvalue weighted by Gasteiger charge is 2.24. The Morgan fingerprint density at radius 3 is 2.42 bits per heavy atom. The molecule has 0 radical (unpaired) electrons. The Hall–Kier alpha value is -2.87. The van der Waals surface area contributed by atoms with Crippen LogP contribution in [-0.4, -0.2) is 39.3 Å². The summed E-state index contributed by atoms with van der Waals surface area (Å²) in [6.45, 7) is 0.809. The van der Waals surface area contributed by atoms with Crippen molar-refractivity contribution in [1.82, 2.24) is 4.31 Å². The maximum absolute atomic E-state index is 13.1. The molecule has 0 spiro atoms. The average molecular weight is 456 g/mol. The summed E-state index contributed by atoms with van der Waals surface area (Å²) in [4.78, 5) is 15.2. The van der Waals surface area contributed by atoms with Crippen molar-refractivity contribution < 1.29 is 13.2 Å². The van der Waals surface area contributed by atoms with Gasteiger partial charge in [-0.15, -0.1) is 0 Å². The summed E-state index contributed by atoms with van der Waals surface area (Å²) in [5, 5.41) is 3.09. The number of halogens is 1. The lowest BCUT2D eigenvalue weighted by atomic mass is 10.1. The molecular weight excluding hydrogens is 434 g/mol. The number of fused-ring (bicyclic) bond motifs is 1. The standard InChI is InChI=1S/C23H22ClN3O3S/c1-26(2)31(29,30)17-11-12-19(24)18(15-17)23(28)25-20-8-4-6-10-22(20)27-14-13-16-7-3-5-9-21(16)27/h3-12,15H,13-14H2,1-2H3,(H,25,28). The van der Waals surface area contributed by atoms with Gasteiger partial charge < -0.3 is 10.2 Å². The van der Waals surface area contributed by atoms with Gasteiger partial charge >= 0.3 is 0 Å². The van der Waals surface area contributed by atoms with Crippen LogP contribution < -0.4 is 10.2 Å². The number of nitrogens with one attached hydrogen (secondary N) is 1. The van der Waals surface area contributed by atoms with E-state index in [1.54, 1.807) is 0 Å². The van der Waals surface area contributed by atoms with Crippen LogP contribution >= 0.6 is 11.6 Å². The van der Waals surface area contributed by atoms with E-state index >= 15 is 0 Å². The van der Waals surface area contributed by atoms with Crippen molar-refractivity contribution in [2.24, 2.45) is 0 Å². The van der Waals surface area contributed by atoms with Crippen LogP contribution in [0.3, 0.4) is 0 Å². The first-order valence-electron chi connectivity index (χ1n) is 9.77. The molecule has 3 aromatic carbocycles. The van der Waals surface area contributed by atoms with Crippen LogP contribution in [0, 0.1) is 0 Å². The van der Waals surface area contributed by atoms with Crippen LogP contribution in [0.4, 0.5) is 17.1 Å². The van der Waals surface area contributed by atoms with E-state index in [1.165, 1.54) is 37.9 Å². The number of hydrogen-bond acceptors (Lipinski definition) is 4. The highest BCUT2D eigenvalue weighted by atomic mass is 35.5. The Kier molecular flexibility index (Phi) is 5.75. The number of amides is 1. The van der Waals surface area contributed by atoms with Gasteiger partial charge in [-0.05, 0) is 48.4 Å². The average Bonchev–Trinajstić information content (AvgIpc) is 3.18. The summed E-state index contributed by atoms with van der Waals surface area (Å²) in [5.74, 6) is -0.472. The van der Waals surface area contributed by atoms with Gasteiger partial charge in [-0.2, -0.15) is 0 Å². The van der Waals surface area contributed by atoms with Crippen LogP contribution in [0.25, 0.3) is 0 Å². The third-order valence-corrected chi connectivity index (χ3v) is 7.43. The lowest BCUT2D eigenvalue weighted by Crippen LogP contribution is -2.23. The van der Waals surface area contributed by atoms with Crippen molar-refractivity contribution in [1.29, 1.82) is 0 Å². The normalized spacial score (nSPS) is 13.4. The maximum Gasteiger partial charge on any atom is 0.257 e. The largest absolute Gasteiger partial charge is 0.339 e. The maximum atomic E-state index is 13.1. The zero-order valence-corrected chi connectivity index (χ0v) is 18.7. The second-order valence-electron chi connectivity index (χ2n) is 7.43. The van der Waals surface area contributed by atoms with E-state index in [0.29, 0.717) is 5.69 Å². The first-order chi connectivity index (χ1) is 14.8. The van der Waals surface area contributed by atoms with Gasteiger partial charge in [-0.25, -0.2) is 12.7 Å². The minimum absolute atomic E-state index is 0.00815. The monoisotopic (exact) mass is 455 g/mol. The zero-order valence-electron chi connectivity index (χ0n) is 17.2. The molecule has 160 valence electrons. The quantitative estimate of drug-likeness (QED) is 0.613. The molecule has 1 heterocycles. The number of hydrogen-bond donors (Lipinski definition) is 1. The Bertz CT molecular complexity index is 1260. The van der Waals surface area contributed by atoms with E-state index < -0.39 is 15.9 Å². The van der Waals surface area contributed by atoms with Gasteiger partial charge in [0.15, 0.2) is 0 Å². The van der Waals surface area contributed by atoms with E-state index in [0.717, 1.165) is 28.6 Å². The van der Waals surface area contributed by atoms with Crippen LogP contribution in [0.5, 0.6) is 0 Å². The highest BCUT2D eigenvalue weighted by Crippen LogP contribution is 2.38. The summed E-state index contributed by atoms with van der Waals surface area (Å²) in [5.41, 5.74) is 3.96. The second-order valence-corrected chi connectivity index (χ2v) is 9.99. The van der Waals surface area contributed by atoms with E-state index in [9.17, 15) is 13.2 Å². The molecule has 0 atom stereocenters. The first-order valence-corrected chi connectivity index (χ1v) is 11.6. The Balaban J connectivity index is 1.67. The van der Waals surface area contributed by atoms with Crippen molar-refractivity contribution in [2.45, 2.75) is 11.3 Å². The molecule has 0 unspecified atom stereocenters. The Morgan fingerprint density at radius 1 is 1.00 bits per heavy atom. The molecule has 1 aliphatic rings. The molecule has 1 amide bonds. The SMILES string of the molecule is CN(C)S(=O)(=O)c1ccc(Cl)c(C(=O)Nc2ccccc2N2CCc3ccccc32)c1. The van der Waals surface area contributed by atoms with Crippen molar-refractivity contribution in [3.05, 3.63) is 82.9 Å². The molecule has 1 N–H and O–H groups in total. The number of nitrogens with zero attached hydrogens (tertiary/aromatic N) is 2. The molecule has 0 saturated carbocycles. The first kappa shape index (κ1) is 21.4. The van der Waals surface area contributed by atoms with Crippen molar-refractivity contribution in [2.75, 3.05) is 30.9 Å². The number of para-hydroxylation sites is 3. The zero-order chi connectivity index (χ0) is 22.2. The Labute approximate surface area is 187 Å². The minimum Gasteiger partial charge on any atom is -0.339 e. The van der Waals surface area contributed by atoms with Gasteiger partial charge in [-0.3, -0.25) is 4.79 Å². The minimum atomic E-state index is -3.69. The highest BCUT2D eigenvalue weighted by molar-refractivity contribution is 7.89. The molecule has 3 aromatic rings. The third-order valence-electron chi connectivity index (χ3n) is 5.29. The van der Waals surface area contributed by atoms with Crippen LogP contribution in [0.15, 0.2) is 71.6 Å². The van der Waals surface area contributed by atoms with Crippen molar-refractivity contribution in [3.8, 4) is 0 Å². The Morgan fingerprint density at radius 2 is 1.68 bits per heavy atom. The van der Waals surface area contributed by atoms with Gasteiger partial charge in [0.2, 0.25) is 10.0 Å². The number of benzene rings is 3. The molecule has 4 rings (SSSR count). The molecule has 31 heavy (non-hydrogen) atoms.